The van der Waals surface area contributed by atoms with Crippen molar-refractivity contribution in [3.05, 3.63) is 52.9 Å². The summed E-state index contributed by atoms with van der Waals surface area (Å²) in [6.07, 6.45) is -0.953. The molecule has 0 spiro atoms. The van der Waals surface area contributed by atoms with Crippen LogP contribution in [-0.4, -0.2) is 15.9 Å². The highest BCUT2D eigenvalue weighted by Crippen LogP contribution is 2.47. The molecular formula is C15H12ClF3N4O. The highest BCUT2D eigenvalue weighted by atomic mass is 35.5. The maximum atomic E-state index is 12.5. The largest absolute Gasteiger partial charge is 0.416 e. The van der Waals surface area contributed by atoms with Gasteiger partial charge in [0, 0.05) is 18.3 Å². The molecule has 24 heavy (non-hydrogen) atoms. The normalized spacial score (nSPS) is 19.7. The van der Waals surface area contributed by atoms with Crippen LogP contribution in [0.5, 0.6) is 0 Å². The minimum Gasteiger partial charge on any atom is -0.279 e. The van der Waals surface area contributed by atoms with Crippen LogP contribution in [0, 0.1) is 5.92 Å². The van der Waals surface area contributed by atoms with E-state index in [1.165, 1.54) is 24.5 Å². The van der Waals surface area contributed by atoms with Crippen LogP contribution in [-0.2, 0) is 11.0 Å². The molecule has 1 aliphatic carbocycles. The van der Waals surface area contributed by atoms with Gasteiger partial charge in [0.2, 0.25) is 5.91 Å². The van der Waals surface area contributed by atoms with Gasteiger partial charge in [0.25, 0.3) is 0 Å². The highest BCUT2D eigenvalue weighted by molar-refractivity contribution is 6.31. The van der Waals surface area contributed by atoms with E-state index in [4.69, 9.17) is 11.6 Å². The summed E-state index contributed by atoms with van der Waals surface area (Å²) in [4.78, 5) is 19.8. The molecule has 5 nitrogen and oxygen atoms in total. The molecule has 2 atom stereocenters. The smallest absolute Gasteiger partial charge is 0.279 e. The van der Waals surface area contributed by atoms with Crippen molar-refractivity contribution in [2.24, 2.45) is 5.92 Å². The molecule has 2 aromatic rings. The standard InChI is InChI=1S/C15H12ClF3N4O/c16-12-13(21-6-5-20-12)22-23-14(24)11-7-10(11)8-1-3-9(4-2-8)15(17,18)19/h1-6,10-11H,7H2,(H,21,22)(H,23,24)/t10-,11-/m1/s1. The fourth-order valence-corrected chi connectivity index (χ4v) is 2.54. The number of carbonyl (C=O) groups is 1. The molecule has 0 saturated heterocycles. The molecule has 3 rings (SSSR count). The average molecular weight is 357 g/mol. The summed E-state index contributed by atoms with van der Waals surface area (Å²) in [5.41, 5.74) is 5.07. The highest BCUT2D eigenvalue weighted by Gasteiger charge is 2.44. The fourth-order valence-electron chi connectivity index (χ4n) is 2.39. The predicted octanol–water partition coefficient (Wildman–Crippen LogP) is 3.40. The summed E-state index contributed by atoms with van der Waals surface area (Å²) in [6.45, 7) is 0. The van der Waals surface area contributed by atoms with Gasteiger partial charge < -0.3 is 0 Å². The molecule has 1 aromatic carbocycles. The van der Waals surface area contributed by atoms with Gasteiger partial charge in [0.05, 0.1) is 5.56 Å². The summed E-state index contributed by atoms with van der Waals surface area (Å²) in [5, 5.41) is 0.118. The van der Waals surface area contributed by atoms with Crippen LogP contribution in [0.4, 0.5) is 19.0 Å². The maximum absolute atomic E-state index is 12.5. The van der Waals surface area contributed by atoms with E-state index in [2.05, 4.69) is 20.8 Å². The second-order valence-electron chi connectivity index (χ2n) is 5.38. The molecule has 0 radical (unpaired) electrons. The Morgan fingerprint density at radius 3 is 2.46 bits per heavy atom. The average Bonchev–Trinajstić information content (AvgIpc) is 3.34. The van der Waals surface area contributed by atoms with Crippen molar-refractivity contribution in [3.63, 3.8) is 0 Å². The van der Waals surface area contributed by atoms with Crippen molar-refractivity contribution in [1.29, 1.82) is 0 Å². The van der Waals surface area contributed by atoms with Crippen molar-refractivity contribution in [2.45, 2.75) is 18.5 Å². The Hall–Kier alpha value is -2.35. The Kier molecular flexibility index (Phi) is 4.31. The number of hydrazine groups is 1. The number of nitrogens with one attached hydrogen (secondary N) is 2. The number of carbonyl (C=O) groups excluding carboxylic acids is 1. The van der Waals surface area contributed by atoms with E-state index in [1.54, 1.807) is 0 Å². The van der Waals surface area contributed by atoms with Crippen molar-refractivity contribution in [1.82, 2.24) is 15.4 Å². The lowest BCUT2D eigenvalue weighted by molar-refractivity contribution is -0.137. The minimum absolute atomic E-state index is 0.0913. The van der Waals surface area contributed by atoms with Crippen LogP contribution in [0.15, 0.2) is 36.7 Å². The number of amides is 1. The molecule has 0 unspecified atom stereocenters. The van der Waals surface area contributed by atoms with Crippen LogP contribution in [0.2, 0.25) is 5.15 Å². The van der Waals surface area contributed by atoms with Gasteiger partial charge in [0.1, 0.15) is 0 Å². The van der Waals surface area contributed by atoms with E-state index in [0.717, 1.165) is 12.1 Å². The first-order valence-electron chi connectivity index (χ1n) is 7.06. The Labute approximate surface area is 140 Å². The van der Waals surface area contributed by atoms with Crippen molar-refractivity contribution in [2.75, 3.05) is 5.43 Å². The third-order valence-electron chi connectivity index (χ3n) is 3.75. The number of nitrogens with zero attached hydrogens (tertiary/aromatic N) is 2. The van der Waals surface area contributed by atoms with E-state index >= 15 is 0 Å². The molecule has 1 saturated carbocycles. The molecule has 1 amide bonds. The van der Waals surface area contributed by atoms with Crippen molar-refractivity contribution >= 4 is 23.3 Å². The number of hydrogen-bond acceptors (Lipinski definition) is 4. The van der Waals surface area contributed by atoms with Crippen molar-refractivity contribution < 1.29 is 18.0 Å². The molecule has 0 aliphatic heterocycles. The molecule has 2 N–H and O–H groups in total. The van der Waals surface area contributed by atoms with Gasteiger partial charge in [-0.2, -0.15) is 13.2 Å². The maximum Gasteiger partial charge on any atom is 0.416 e. The lowest BCUT2D eigenvalue weighted by Gasteiger charge is -2.09. The first-order chi connectivity index (χ1) is 11.4. The van der Waals surface area contributed by atoms with Gasteiger partial charge in [-0.3, -0.25) is 15.6 Å². The lowest BCUT2D eigenvalue weighted by Crippen LogP contribution is -2.31. The molecular weight excluding hydrogens is 345 g/mol. The Balaban J connectivity index is 1.57. The zero-order valence-corrected chi connectivity index (χ0v) is 12.9. The molecule has 1 heterocycles. The Bertz CT molecular complexity index is 751. The van der Waals surface area contributed by atoms with E-state index in [-0.39, 0.29) is 28.7 Å². The van der Waals surface area contributed by atoms with Gasteiger partial charge >= 0.3 is 6.18 Å². The van der Waals surface area contributed by atoms with E-state index in [0.29, 0.717) is 12.0 Å². The van der Waals surface area contributed by atoms with Crippen LogP contribution in [0.25, 0.3) is 0 Å². The number of alkyl halides is 3. The van der Waals surface area contributed by atoms with Crippen LogP contribution in [0.1, 0.15) is 23.5 Å². The van der Waals surface area contributed by atoms with Gasteiger partial charge in [-0.1, -0.05) is 23.7 Å². The number of aromatic nitrogens is 2. The number of anilines is 1. The quantitative estimate of drug-likeness (QED) is 0.824. The fraction of sp³-hybridized carbons (Fsp3) is 0.267. The zero-order valence-electron chi connectivity index (χ0n) is 12.1. The van der Waals surface area contributed by atoms with Gasteiger partial charge in [0.15, 0.2) is 11.0 Å². The Morgan fingerprint density at radius 1 is 1.17 bits per heavy atom. The third kappa shape index (κ3) is 3.59. The molecule has 126 valence electrons. The van der Waals surface area contributed by atoms with Gasteiger partial charge in [-0.15, -0.1) is 0 Å². The first-order valence-corrected chi connectivity index (χ1v) is 7.43. The topological polar surface area (TPSA) is 66.9 Å². The summed E-state index contributed by atoms with van der Waals surface area (Å²) in [7, 11) is 0. The number of hydrogen-bond donors (Lipinski definition) is 2. The molecule has 0 bridgehead atoms. The second-order valence-corrected chi connectivity index (χ2v) is 5.74. The lowest BCUT2D eigenvalue weighted by atomic mass is 10.1. The molecule has 1 fully saturated rings. The number of halogens is 4. The molecule has 1 aliphatic rings. The number of benzene rings is 1. The van der Waals surface area contributed by atoms with E-state index < -0.39 is 11.7 Å². The third-order valence-corrected chi connectivity index (χ3v) is 4.03. The summed E-state index contributed by atoms with van der Waals surface area (Å²) < 4.78 is 37.6. The summed E-state index contributed by atoms with van der Waals surface area (Å²) >= 11 is 5.80. The SMILES string of the molecule is O=C(NNc1nccnc1Cl)[C@@H]1C[C@@H]1c1ccc(C(F)(F)F)cc1. The summed E-state index contributed by atoms with van der Waals surface area (Å²) in [6, 6.07) is 4.88. The molecule has 9 heteroatoms. The van der Waals surface area contributed by atoms with E-state index in [1.807, 2.05) is 0 Å². The second kappa shape index (κ2) is 6.27. The predicted molar refractivity (Wildman–Crippen MR) is 81.1 cm³/mol. The van der Waals surface area contributed by atoms with E-state index in [9.17, 15) is 18.0 Å². The molecule has 1 aromatic heterocycles. The van der Waals surface area contributed by atoms with Gasteiger partial charge in [-0.05, 0) is 30.0 Å². The number of rotatable bonds is 4. The first kappa shape index (κ1) is 16.5. The minimum atomic E-state index is -4.36. The monoisotopic (exact) mass is 356 g/mol. The van der Waals surface area contributed by atoms with Crippen LogP contribution in [0.3, 0.4) is 0 Å². The van der Waals surface area contributed by atoms with Crippen LogP contribution >= 0.6 is 11.6 Å². The summed E-state index contributed by atoms with van der Waals surface area (Å²) in [5.74, 6) is -0.447. The van der Waals surface area contributed by atoms with Crippen LogP contribution < -0.4 is 10.9 Å². The Morgan fingerprint density at radius 2 is 1.83 bits per heavy atom. The van der Waals surface area contributed by atoms with Gasteiger partial charge in [-0.25, -0.2) is 9.97 Å². The van der Waals surface area contributed by atoms with Crippen molar-refractivity contribution in [3.8, 4) is 0 Å². The zero-order chi connectivity index (χ0) is 17.3.